The molecule has 2 bridgehead atoms. The van der Waals surface area contributed by atoms with E-state index in [1.165, 1.54) is 12.1 Å². The molecule has 5 heteroatoms. The van der Waals surface area contributed by atoms with Crippen LogP contribution in [0.15, 0.2) is 12.1 Å². The quantitative estimate of drug-likeness (QED) is 0.800. The van der Waals surface area contributed by atoms with E-state index in [4.69, 9.17) is 10.5 Å². The highest BCUT2D eigenvalue weighted by Crippen LogP contribution is 2.34. The Labute approximate surface area is 111 Å². The number of nitrogens with two attached hydrogens (primary N) is 1. The number of nitrogen functional groups attached to an aromatic ring is 1. The van der Waals surface area contributed by atoms with E-state index in [9.17, 15) is 9.18 Å². The molecule has 0 spiro atoms. The van der Waals surface area contributed by atoms with Crippen LogP contribution >= 0.6 is 0 Å². The van der Waals surface area contributed by atoms with Crippen molar-refractivity contribution in [2.24, 2.45) is 0 Å². The molecule has 4 nitrogen and oxygen atoms in total. The molecule has 102 valence electrons. The standard InChI is InChI=1S/C14H17FN2O2/c1-7-10(15)4-8(5-11(7)16)14(18)17-12-6-9-2-3-13(12)19-9/h4-5,9,12-13H,2-3,6,16H2,1H3,(H,17,18). The molecule has 1 aromatic rings. The van der Waals surface area contributed by atoms with Gasteiger partial charge in [0.25, 0.3) is 5.91 Å². The fraction of sp³-hybridized carbons (Fsp3) is 0.500. The van der Waals surface area contributed by atoms with E-state index >= 15 is 0 Å². The van der Waals surface area contributed by atoms with Crippen molar-refractivity contribution in [1.82, 2.24) is 5.32 Å². The van der Waals surface area contributed by atoms with Crippen molar-refractivity contribution in [2.75, 3.05) is 5.73 Å². The molecule has 2 saturated heterocycles. The maximum absolute atomic E-state index is 13.6. The lowest BCUT2D eigenvalue weighted by Crippen LogP contribution is -2.41. The Morgan fingerprint density at radius 3 is 2.84 bits per heavy atom. The molecule has 3 atom stereocenters. The first-order valence-electron chi connectivity index (χ1n) is 6.56. The van der Waals surface area contributed by atoms with E-state index in [-0.39, 0.29) is 29.7 Å². The molecular formula is C14H17FN2O2. The summed E-state index contributed by atoms with van der Waals surface area (Å²) >= 11 is 0. The zero-order valence-electron chi connectivity index (χ0n) is 10.8. The molecule has 0 radical (unpaired) electrons. The van der Waals surface area contributed by atoms with Gasteiger partial charge in [0.15, 0.2) is 0 Å². The molecule has 1 amide bonds. The Hall–Kier alpha value is -1.62. The van der Waals surface area contributed by atoms with Crippen LogP contribution in [0.1, 0.15) is 35.2 Å². The topological polar surface area (TPSA) is 64.4 Å². The SMILES string of the molecule is Cc1c(N)cc(C(=O)NC2CC3CCC2O3)cc1F. The minimum Gasteiger partial charge on any atom is -0.398 e. The zero-order valence-corrected chi connectivity index (χ0v) is 10.8. The molecule has 0 aromatic heterocycles. The lowest BCUT2D eigenvalue weighted by Gasteiger charge is -2.20. The lowest BCUT2D eigenvalue weighted by atomic mass is 9.95. The average Bonchev–Trinajstić information content (AvgIpc) is 2.97. The monoisotopic (exact) mass is 264 g/mol. The summed E-state index contributed by atoms with van der Waals surface area (Å²) in [5.41, 5.74) is 6.63. The summed E-state index contributed by atoms with van der Waals surface area (Å²) in [5.74, 6) is -0.735. The predicted octanol–water partition coefficient (Wildman–Crippen LogP) is 1.77. The molecule has 2 aliphatic heterocycles. The molecule has 0 aliphatic carbocycles. The molecule has 2 heterocycles. The second kappa shape index (κ2) is 4.49. The molecule has 2 fully saturated rings. The third-order valence-electron chi connectivity index (χ3n) is 4.07. The molecule has 3 N–H and O–H groups in total. The molecule has 3 unspecified atom stereocenters. The minimum absolute atomic E-state index is 0.0387. The highest BCUT2D eigenvalue weighted by atomic mass is 19.1. The summed E-state index contributed by atoms with van der Waals surface area (Å²) in [4.78, 5) is 12.1. The van der Waals surface area contributed by atoms with Gasteiger partial charge in [0.2, 0.25) is 0 Å². The smallest absolute Gasteiger partial charge is 0.251 e. The Morgan fingerprint density at radius 2 is 2.26 bits per heavy atom. The number of rotatable bonds is 2. The van der Waals surface area contributed by atoms with Gasteiger partial charge in [-0.2, -0.15) is 0 Å². The third kappa shape index (κ3) is 2.18. The number of halogens is 1. The van der Waals surface area contributed by atoms with Crippen LogP contribution in [-0.2, 0) is 4.74 Å². The number of carbonyl (C=O) groups is 1. The van der Waals surface area contributed by atoms with Gasteiger partial charge >= 0.3 is 0 Å². The van der Waals surface area contributed by atoms with Crippen molar-refractivity contribution < 1.29 is 13.9 Å². The lowest BCUT2D eigenvalue weighted by molar-refractivity contribution is 0.0840. The maximum Gasteiger partial charge on any atom is 0.251 e. The van der Waals surface area contributed by atoms with Crippen LogP contribution in [0.5, 0.6) is 0 Å². The summed E-state index contributed by atoms with van der Waals surface area (Å²) < 4.78 is 19.3. The summed E-state index contributed by atoms with van der Waals surface area (Å²) in [6.07, 6.45) is 3.29. The van der Waals surface area contributed by atoms with Gasteiger partial charge in [-0.1, -0.05) is 0 Å². The van der Waals surface area contributed by atoms with Gasteiger partial charge in [0.1, 0.15) is 5.82 Å². The normalized spacial score (nSPS) is 28.6. The third-order valence-corrected chi connectivity index (χ3v) is 4.07. The van der Waals surface area contributed by atoms with Crippen molar-refractivity contribution in [2.45, 2.75) is 44.4 Å². The van der Waals surface area contributed by atoms with Crippen molar-refractivity contribution in [1.29, 1.82) is 0 Å². The minimum atomic E-state index is -0.450. The number of nitrogens with one attached hydrogen (secondary N) is 1. The zero-order chi connectivity index (χ0) is 13.6. The molecule has 0 saturated carbocycles. The van der Waals surface area contributed by atoms with Crippen molar-refractivity contribution in [3.63, 3.8) is 0 Å². The molecular weight excluding hydrogens is 247 g/mol. The number of benzene rings is 1. The number of hydrogen-bond donors (Lipinski definition) is 2. The number of anilines is 1. The van der Waals surface area contributed by atoms with E-state index in [2.05, 4.69) is 5.32 Å². The average molecular weight is 264 g/mol. The summed E-state index contributed by atoms with van der Waals surface area (Å²) in [6.45, 7) is 1.59. The van der Waals surface area contributed by atoms with E-state index in [0.29, 0.717) is 11.3 Å². The van der Waals surface area contributed by atoms with Crippen molar-refractivity contribution in [3.8, 4) is 0 Å². The number of fused-ring (bicyclic) bond motifs is 2. The van der Waals surface area contributed by atoms with Gasteiger partial charge < -0.3 is 15.8 Å². The van der Waals surface area contributed by atoms with Crippen molar-refractivity contribution >= 4 is 11.6 Å². The van der Waals surface area contributed by atoms with Crippen LogP contribution in [0.3, 0.4) is 0 Å². The van der Waals surface area contributed by atoms with E-state index < -0.39 is 5.82 Å². The molecule has 2 aliphatic rings. The fourth-order valence-corrected chi connectivity index (χ4v) is 2.87. The van der Waals surface area contributed by atoms with E-state index in [1.54, 1.807) is 6.92 Å². The second-order valence-electron chi connectivity index (χ2n) is 5.36. The van der Waals surface area contributed by atoms with Crippen molar-refractivity contribution in [3.05, 3.63) is 29.1 Å². The van der Waals surface area contributed by atoms with Crippen LogP contribution in [0.2, 0.25) is 0 Å². The van der Waals surface area contributed by atoms with Gasteiger partial charge in [-0.15, -0.1) is 0 Å². The van der Waals surface area contributed by atoms with Crippen LogP contribution in [0, 0.1) is 12.7 Å². The number of ether oxygens (including phenoxy) is 1. The maximum atomic E-state index is 13.6. The molecule has 19 heavy (non-hydrogen) atoms. The first-order valence-corrected chi connectivity index (χ1v) is 6.56. The highest BCUT2D eigenvalue weighted by molar-refractivity contribution is 5.95. The van der Waals surface area contributed by atoms with Crippen LogP contribution in [-0.4, -0.2) is 24.2 Å². The van der Waals surface area contributed by atoms with E-state index in [1.807, 2.05) is 0 Å². The van der Waals surface area contributed by atoms with Gasteiger partial charge in [-0.05, 0) is 38.3 Å². The van der Waals surface area contributed by atoms with Gasteiger partial charge in [0, 0.05) is 16.8 Å². The number of carbonyl (C=O) groups excluding carboxylic acids is 1. The number of amides is 1. The van der Waals surface area contributed by atoms with Gasteiger partial charge in [0.05, 0.1) is 18.2 Å². The summed E-state index contributed by atoms with van der Waals surface area (Å²) in [7, 11) is 0. The first-order chi connectivity index (χ1) is 9.04. The Morgan fingerprint density at radius 1 is 1.47 bits per heavy atom. The highest BCUT2D eigenvalue weighted by Gasteiger charge is 2.41. The fourth-order valence-electron chi connectivity index (χ4n) is 2.87. The largest absolute Gasteiger partial charge is 0.398 e. The van der Waals surface area contributed by atoms with Gasteiger partial charge in [-0.3, -0.25) is 4.79 Å². The van der Waals surface area contributed by atoms with Gasteiger partial charge in [-0.25, -0.2) is 4.39 Å². The first kappa shape index (κ1) is 12.4. The van der Waals surface area contributed by atoms with Crippen LogP contribution in [0.25, 0.3) is 0 Å². The number of hydrogen-bond acceptors (Lipinski definition) is 3. The van der Waals surface area contributed by atoms with E-state index in [0.717, 1.165) is 19.3 Å². The Kier molecular flexibility index (Phi) is 2.93. The Balaban J connectivity index is 1.74. The second-order valence-corrected chi connectivity index (χ2v) is 5.36. The Bertz CT molecular complexity index is 509. The molecule has 3 rings (SSSR count). The summed E-state index contributed by atoms with van der Waals surface area (Å²) in [6, 6.07) is 2.79. The predicted molar refractivity (Wildman–Crippen MR) is 69.3 cm³/mol. The van der Waals surface area contributed by atoms with Crippen LogP contribution in [0.4, 0.5) is 10.1 Å². The van der Waals surface area contributed by atoms with Crippen LogP contribution < -0.4 is 11.1 Å². The molecule has 1 aromatic carbocycles. The summed E-state index contributed by atoms with van der Waals surface area (Å²) in [5, 5.41) is 2.91.